The number of rotatable bonds is 7. The number of nitrogens with one attached hydrogen (secondary N) is 1. The molecule has 3 saturated carbocycles. The number of carboxylic acids is 1. The molecular weight excluding hydrogens is 252 g/mol. The van der Waals surface area contributed by atoms with Crippen LogP contribution < -0.4 is 5.32 Å². The normalized spacial score (nSPS) is 35.5. The van der Waals surface area contributed by atoms with Gasteiger partial charge in [0.15, 0.2) is 0 Å². The predicted molar refractivity (Wildman–Crippen MR) is 78.6 cm³/mol. The van der Waals surface area contributed by atoms with E-state index in [1.807, 2.05) is 6.92 Å². The van der Waals surface area contributed by atoms with Gasteiger partial charge in [0.05, 0.1) is 0 Å². The van der Waals surface area contributed by atoms with Crippen LogP contribution in [0.1, 0.15) is 45.4 Å². The first-order chi connectivity index (χ1) is 9.46. The minimum absolute atomic E-state index is 0.423. The Kier molecular flexibility index (Phi) is 3.80. The standard InChI is InChI=1S/C16H28N2O2/c1-16(15(19)20,17-14-5-6-14)10-18(2)9-13-8-11-3-4-12(13)7-11/h11-14,17H,3-10H2,1-2H3,(H,19,20). The molecule has 0 heterocycles. The van der Waals surface area contributed by atoms with Crippen molar-refractivity contribution in [2.75, 3.05) is 20.1 Å². The molecule has 0 aromatic carbocycles. The zero-order chi connectivity index (χ0) is 14.3. The fourth-order valence-electron chi connectivity index (χ4n) is 4.46. The molecule has 3 aliphatic rings. The van der Waals surface area contributed by atoms with Gasteiger partial charge in [-0.25, -0.2) is 0 Å². The number of fused-ring (bicyclic) bond motifs is 2. The lowest BCUT2D eigenvalue weighted by Crippen LogP contribution is -2.57. The van der Waals surface area contributed by atoms with Gasteiger partial charge in [-0.2, -0.15) is 0 Å². The molecule has 3 aliphatic carbocycles. The first kappa shape index (κ1) is 14.3. The SMILES string of the molecule is CN(CC1CC2CCC1C2)CC(C)(NC1CC1)C(=O)O. The van der Waals surface area contributed by atoms with Crippen molar-refractivity contribution in [1.82, 2.24) is 10.2 Å². The first-order valence-corrected chi connectivity index (χ1v) is 8.16. The van der Waals surface area contributed by atoms with Crippen molar-refractivity contribution in [2.45, 2.75) is 57.0 Å². The number of carbonyl (C=O) groups is 1. The van der Waals surface area contributed by atoms with E-state index >= 15 is 0 Å². The topological polar surface area (TPSA) is 52.6 Å². The number of carboxylic acid groups (broad SMARTS) is 1. The van der Waals surface area contributed by atoms with Crippen LogP contribution in [-0.4, -0.2) is 47.7 Å². The Balaban J connectivity index is 1.53. The van der Waals surface area contributed by atoms with Gasteiger partial charge in [0, 0.05) is 19.1 Å². The van der Waals surface area contributed by atoms with E-state index in [1.165, 1.54) is 25.7 Å². The van der Waals surface area contributed by atoms with Crippen LogP contribution in [0.3, 0.4) is 0 Å². The molecule has 0 aromatic heterocycles. The second kappa shape index (κ2) is 5.30. The van der Waals surface area contributed by atoms with Crippen molar-refractivity contribution in [2.24, 2.45) is 17.8 Å². The average molecular weight is 280 g/mol. The van der Waals surface area contributed by atoms with E-state index in [0.29, 0.717) is 12.6 Å². The number of hydrogen-bond donors (Lipinski definition) is 2. The molecular formula is C16H28N2O2. The van der Waals surface area contributed by atoms with Crippen molar-refractivity contribution in [3.05, 3.63) is 0 Å². The van der Waals surface area contributed by atoms with E-state index < -0.39 is 11.5 Å². The molecule has 4 unspecified atom stereocenters. The van der Waals surface area contributed by atoms with Crippen molar-refractivity contribution < 1.29 is 9.90 Å². The Hall–Kier alpha value is -0.610. The van der Waals surface area contributed by atoms with Gasteiger partial charge in [-0.05, 0) is 63.8 Å². The van der Waals surface area contributed by atoms with Gasteiger partial charge < -0.3 is 10.0 Å². The van der Waals surface area contributed by atoms with Crippen LogP contribution in [-0.2, 0) is 4.79 Å². The predicted octanol–water partition coefficient (Wildman–Crippen LogP) is 1.95. The summed E-state index contributed by atoms with van der Waals surface area (Å²) in [6.07, 6.45) is 7.88. The number of nitrogens with zero attached hydrogens (tertiary/aromatic N) is 1. The van der Waals surface area contributed by atoms with Gasteiger partial charge in [-0.3, -0.25) is 10.1 Å². The highest BCUT2D eigenvalue weighted by Gasteiger charge is 2.42. The van der Waals surface area contributed by atoms with E-state index in [2.05, 4.69) is 17.3 Å². The quantitative estimate of drug-likeness (QED) is 0.748. The zero-order valence-corrected chi connectivity index (χ0v) is 12.8. The highest BCUT2D eigenvalue weighted by molar-refractivity contribution is 5.78. The maximum absolute atomic E-state index is 11.6. The highest BCUT2D eigenvalue weighted by atomic mass is 16.4. The molecule has 3 rings (SSSR count). The molecule has 0 amide bonds. The van der Waals surface area contributed by atoms with Crippen molar-refractivity contribution >= 4 is 5.97 Å². The summed E-state index contributed by atoms with van der Waals surface area (Å²) in [6, 6.07) is 0.423. The Bertz CT molecular complexity index is 383. The largest absolute Gasteiger partial charge is 0.480 e. The molecule has 114 valence electrons. The first-order valence-electron chi connectivity index (χ1n) is 8.16. The van der Waals surface area contributed by atoms with Gasteiger partial charge >= 0.3 is 5.97 Å². The Labute approximate surface area is 121 Å². The van der Waals surface area contributed by atoms with Crippen molar-refractivity contribution in [3.63, 3.8) is 0 Å². The summed E-state index contributed by atoms with van der Waals surface area (Å²) in [5, 5.41) is 12.9. The summed E-state index contributed by atoms with van der Waals surface area (Å²) in [4.78, 5) is 13.8. The molecule has 0 aromatic rings. The van der Waals surface area contributed by atoms with Crippen LogP contribution in [0.25, 0.3) is 0 Å². The summed E-state index contributed by atoms with van der Waals surface area (Å²) < 4.78 is 0. The number of likely N-dealkylation sites (N-methyl/N-ethyl adjacent to an activating group) is 1. The van der Waals surface area contributed by atoms with Gasteiger partial charge in [-0.15, -0.1) is 0 Å². The molecule has 4 heteroatoms. The molecule has 3 fully saturated rings. The fourth-order valence-corrected chi connectivity index (χ4v) is 4.46. The molecule has 0 radical (unpaired) electrons. The lowest BCUT2D eigenvalue weighted by Gasteiger charge is -2.34. The second-order valence-corrected chi connectivity index (χ2v) is 7.69. The summed E-state index contributed by atoms with van der Waals surface area (Å²) in [5.41, 5.74) is -0.798. The van der Waals surface area contributed by atoms with Crippen molar-refractivity contribution in [1.29, 1.82) is 0 Å². The number of hydrogen-bond acceptors (Lipinski definition) is 3. The molecule has 4 atom stereocenters. The van der Waals surface area contributed by atoms with E-state index in [9.17, 15) is 9.90 Å². The van der Waals surface area contributed by atoms with E-state index in [-0.39, 0.29) is 0 Å². The van der Waals surface area contributed by atoms with Crippen LogP contribution in [0.15, 0.2) is 0 Å². The van der Waals surface area contributed by atoms with Gasteiger partial charge in [0.2, 0.25) is 0 Å². The molecule has 0 spiro atoms. The zero-order valence-electron chi connectivity index (χ0n) is 12.8. The minimum atomic E-state index is -0.798. The molecule has 4 nitrogen and oxygen atoms in total. The summed E-state index contributed by atoms with van der Waals surface area (Å²) in [7, 11) is 2.09. The molecule has 2 bridgehead atoms. The minimum Gasteiger partial charge on any atom is -0.480 e. The van der Waals surface area contributed by atoms with Gasteiger partial charge in [-0.1, -0.05) is 6.42 Å². The molecule has 0 aliphatic heterocycles. The van der Waals surface area contributed by atoms with E-state index in [1.54, 1.807) is 0 Å². The van der Waals surface area contributed by atoms with Crippen LogP contribution in [0.4, 0.5) is 0 Å². The third kappa shape index (κ3) is 3.01. The highest BCUT2D eigenvalue weighted by Crippen LogP contribution is 2.48. The number of aliphatic carboxylic acids is 1. The molecule has 2 N–H and O–H groups in total. The maximum atomic E-state index is 11.6. The Morgan fingerprint density at radius 1 is 1.30 bits per heavy atom. The van der Waals surface area contributed by atoms with Crippen LogP contribution in [0.2, 0.25) is 0 Å². The van der Waals surface area contributed by atoms with E-state index in [0.717, 1.165) is 37.1 Å². The lowest BCUT2D eigenvalue weighted by molar-refractivity contribution is -0.145. The Morgan fingerprint density at radius 2 is 2.05 bits per heavy atom. The summed E-state index contributed by atoms with van der Waals surface area (Å²) >= 11 is 0. The van der Waals surface area contributed by atoms with Gasteiger partial charge in [0.1, 0.15) is 5.54 Å². The second-order valence-electron chi connectivity index (χ2n) is 7.69. The molecule has 20 heavy (non-hydrogen) atoms. The lowest BCUT2D eigenvalue weighted by atomic mass is 9.88. The van der Waals surface area contributed by atoms with Crippen LogP contribution in [0.5, 0.6) is 0 Å². The summed E-state index contributed by atoms with van der Waals surface area (Å²) in [5.74, 6) is 1.96. The smallest absolute Gasteiger partial charge is 0.324 e. The third-order valence-electron chi connectivity index (χ3n) is 5.59. The average Bonchev–Trinajstić information content (AvgIpc) is 2.93. The van der Waals surface area contributed by atoms with Crippen molar-refractivity contribution in [3.8, 4) is 0 Å². The fraction of sp³-hybridized carbons (Fsp3) is 0.938. The van der Waals surface area contributed by atoms with Crippen LogP contribution in [0, 0.1) is 17.8 Å². The van der Waals surface area contributed by atoms with Crippen LogP contribution >= 0.6 is 0 Å². The maximum Gasteiger partial charge on any atom is 0.324 e. The Morgan fingerprint density at radius 3 is 2.55 bits per heavy atom. The van der Waals surface area contributed by atoms with Gasteiger partial charge in [0.25, 0.3) is 0 Å². The third-order valence-corrected chi connectivity index (χ3v) is 5.59. The summed E-state index contributed by atoms with van der Waals surface area (Å²) in [6.45, 7) is 3.51. The van der Waals surface area contributed by atoms with E-state index in [4.69, 9.17) is 0 Å². The molecule has 0 saturated heterocycles. The monoisotopic (exact) mass is 280 g/mol.